The number of rotatable bonds is 6. The van der Waals surface area contributed by atoms with E-state index in [2.05, 4.69) is 152 Å². The second-order valence-electron chi connectivity index (χ2n) is 14.8. The van der Waals surface area contributed by atoms with Gasteiger partial charge in [0.25, 0.3) is 0 Å². The van der Waals surface area contributed by atoms with E-state index in [1.807, 2.05) is 6.07 Å². The predicted octanol–water partition coefficient (Wildman–Crippen LogP) is 10.5. The smallest absolute Gasteiger partial charge is 0.0920 e. The van der Waals surface area contributed by atoms with Gasteiger partial charge in [0.1, 0.15) is 0 Å². The van der Waals surface area contributed by atoms with Gasteiger partial charge in [-0.25, -0.2) is 0 Å². The molecule has 0 amide bonds. The van der Waals surface area contributed by atoms with Gasteiger partial charge in [-0.2, -0.15) is 35.5 Å². The van der Waals surface area contributed by atoms with E-state index in [1.165, 1.54) is 60.9 Å². The largest absolute Gasteiger partial charge is 0.184 e. The molecule has 2 radical (unpaired) electrons. The molecule has 0 bridgehead atoms. The standard InChI is InChI=1S/C28H41Si2.C12H7Si.2ClH.Zr/c1-11-20(4)22-14-21-12-13-26(19(2)3)28(27(21)17-22)23-15-24(29(5,6)7)18-25(16-23)30(8,9)10;1-3-7-11-9(5-1)10-6-2-4-8-12(10)13-11;;;/h12-20H,11H2,1-10H3;1-7H;2*1H;/q2*-1;;;+4/p-2. The van der Waals surface area contributed by atoms with Crippen LogP contribution in [-0.4, -0.2) is 25.7 Å². The number of halogens is 2. The molecule has 1 aliphatic rings. The monoisotopic (exact) mass is 772 g/mol. The molecule has 238 valence electrons. The topological polar surface area (TPSA) is 0 Å². The Balaban J connectivity index is 0.000000245. The molecule has 0 spiro atoms. The fraction of sp³-hybridized carbons (Fsp3) is 0.325. The first-order valence-corrected chi connectivity index (χ1v) is 30.8. The van der Waals surface area contributed by atoms with E-state index < -0.39 is 37.0 Å². The van der Waals surface area contributed by atoms with Crippen molar-refractivity contribution < 1.29 is 20.8 Å². The van der Waals surface area contributed by atoms with Gasteiger partial charge in [-0.3, -0.25) is 0 Å². The third-order valence-corrected chi connectivity index (χ3v) is 14.4. The van der Waals surface area contributed by atoms with Crippen LogP contribution in [0.3, 0.4) is 0 Å². The fourth-order valence-electron chi connectivity index (χ4n) is 6.01. The Hall–Kier alpha value is -1.40. The van der Waals surface area contributed by atoms with E-state index in [4.69, 9.17) is 17.0 Å². The van der Waals surface area contributed by atoms with Crippen LogP contribution in [0.4, 0.5) is 0 Å². The summed E-state index contributed by atoms with van der Waals surface area (Å²) < 4.78 is 0. The Morgan fingerprint density at radius 1 is 0.804 bits per heavy atom. The third kappa shape index (κ3) is 8.79. The molecule has 0 nitrogen and oxygen atoms in total. The van der Waals surface area contributed by atoms with Crippen LogP contribution in [0.25, 0.3) is 33.0 Å². The summed E-state index contributed by atoms with van der Waals surface area (Å²) in [5.74, 6) is 1.12. The number of hydrogen-bond acceptors (Lipinski definition) is 0. The van der Waals surface area contributed by atoms with Gasteiger partial charge >= 0.3 is 37.9 Å². The molecule has 0 N–H and O–H groups in total. The molecule has 6 heteroatoms. The van der Waals surface area contributed by atoms with E-state index in [-0.39, 0.29) is 0 Å². The van der Waals surface area contributed by atoms with Crippen LogP contribution in [-0.2, 0) is 20.8 Å². The molecule has 0 fully saturated rings. The molecular weight excluding hydrogens is 727 g/mol. The molecule has 0 saturated heterocycles. The Labute approximate surface area is 302 Å². The minimum atomic E-state index is -1.42. The first-order valence-electron chi connectivity index (χ1n) is 16.4. The molecule has 1 unspecified atom stereocenters. The number of hydrogen-bond donors (Lipinski definition) is 0. The maximum Gasteiger partial charge on any atom is 0.0920 e. The minimum Gasteiger partial charge on any atom is -0.184 e. The molecule has 0 aliphatic carbocycles. The number of fused-ring (bicyclic) bond motifs is 4. The zero-order chi connectivity index (χ0) is 33.8. The molecule has 0 saturated carbocycles. The maximum atomic E-state index is 4.93. The quantitative estimate of drug-likeness (QED) is 0.117. The van der Waals surface area contributed by atoms with Gasteiger partial charge in [0.2, 0.25) is 0 Å². The zero-order valence-electron chi connectivity index (χ0n) is 29.2. The minimum absolute atomic E-state index is 0.511. The third-order valence-electron chi connectivity index (χ3n) is 9.03. The Kier molecular flexibility index (Phi) is 12.9. The van der Waals surface area contributed by atoms with Crippen molar-refractivity contribution in [3.05, 3.63) is 102 Å². The van der Waals surface area contributed by atoms with E-state index in [0.29, 0.717) is 11.8 Å². The molecule has 1 aliphatic heterocycles. The molecule has 1 heterocycles. The van der Waals surface area contributed by atoms with E-state index in [1.54, 1.807) is 10.4 Å². The summed E-state index contributed by atoms with van der Waals surface area (Å²) in [6.45, 7) is 24.2. The van der Waals surface area contributed by atoms with Crippen molar-refractivity contribution >= 4 is 74.2 Å². The van der Waals surface area contributed by atoms with E-state index in [9.17, 15) is 0 Å². The van der Waals surface area contributed by atoms with Crippen LogP contribution in [0.2, 0.25) is 39.3 Å². The second-order valence-corrected chi connectivity index (χ2v) is 30.0. The average molecular weight is 775 g/mol. The average Bonchev–Trinajstić information content (AvgIpc) is 3.61. The van der Waals surface area contributed by atoms with Gasteiger partial charge in [-0.05, 0) is 17.4 Å². The maximum absolute atomic E-state index is 4.93. The molecule has 0 aromatic heterocycles. The summed E-state index contributed by atoms with van der Waals surface area (Å²) in [6.07, 6.45) is 1.19. The van der Waals surface area contributed by atoms with Gasteiger partial charge in [0.15, 0.2) is 0 Å². The van der Waals surface area contributed by atoms with Crippen LogP contribution >= 0.6 is 17.0 Å². The van der Waals surface area contributed by atoms with Crippen molar-refractivity contribution in [1.29, 1.82) is 0 Å². The molecule has 46 heavy (non-hydrogen) atoms. The second kappa shape index (κ2) is 15.9. The predicted molar refractivity (Wildman–Crippen MR) is 211 cm³/mol. The van der Waals surface area contributed by atoms with Crippen molar-refractivity contribution in [3.63, 3.8) is 0 Å². The van der Waals surface area contributed by atoms with Crippen LogP contribution in [0.5, 0.6) is 0 Å². The summed E-state index contributed by atoms with van der Waals surface area (Å²) in [7, 11) is 7.83. The van der Waals surface area contributed by atoms with Crippen molar-refractivity contribution in [1.82, 2.24) is 0 Å². The summed E-state index contributed by atoms with van der Waals surface area (Å²) in [5.41, 5.74) is 8.67. The Morgan fingerprint density at radius 3 is 2.00 bits per heavy atom. The molecule has 6 rings (SSSR count). The van der Waals surface area contributed by atoms with E-state index in [0.717, 1.165) is 9.52 Å². The first-order chi connectivity index (χ1) is 21.7. The summed E-state index contributed by atoms with van der Waals surface area (Å²) in [5, 5.41) is 8.86. The molecule has 5 aromatic carbocycles. The van der Waals surface area contributed by atoms with Gasteiger partial charge in [0.05, 0.1) is 25.7 Å². The van der Waals surface area contributed by atoms with Gasteiger partial charge in [-0.15, -0.1) is 40.1 Å². The SMILES string of the molecule is CCC(C)c1cc2c(-c3cc([Si](C)(C)C)cc([Si](C)(C)C)c3)c(C(C)C)ccc2[cH-]1.[Cl][Zr+2][Cl].[c-]1cccc2c1[Si]c1ccccc1-2. The molecule has 1 atom stereocenters. The van der Waals surface area contributed by atoms with Gasteiger partial charge in [0, 0.05) is 0 Å². The summed E-state index contributed by atoms with van der Waals surface area (Å²) in [4.78, 5) is 0. The summed E-state index contributed by atoms with van der Waals surface area (Å²) >= 11 is -0.826. The van der Waals surface area contributed by atoms with Crippen LogP contribution in [0, 0.1) is 6.07 Å². The number of benzene rings is 4. The summed E-state index contributed by atoms with van der Waals surface area (Å²) in [6, 6.07) is 35.4. The van der Waals surface area contributed by atoms with Gasteiger partial charge in [-0.1, -0.05) is 148 Å². The zero-order valence-corrected chi connectivity index (χ0v) is 36.2. The van der Waals surface area contributed by atoms with Gasteiger partial charge < -0.3 is 0 Å². The first kappa shape index (κ1) is 37.4. The molecule has 5 aromatic rings. The fourth-order valence-corrected chi connectivity index (χ4v) is 9.82. The van der Waals surface area contributed by atoms with Crippen LogP contribution in [0.1, 0.15) is 57.1 Å². The van der Waals surface area contributed by atoms with E-state index >= 15 is 0 Å². The molecular formula is C40H48Cl2Si3Zr. The normalized spacial score (nSPS) is 12.8. The van der Waals surface area contributed by atoms with Crippen molar-refractivity contribution in [2.45, 2.75) is 85.2 Å². The Bertz CT molecular complexity index is 1700. The van der Waals surface area contributed by atoms with Crippen LogP contribution < -0.4 is 20.7 Å². The Morgan fingerprint density at radius 2 is 1.41 bits per heavy atom. The van der Waals surface area contributed by atoms with Crippen molar-refractivity contribution in [3.8, 4) is 22.3 Å². The van der Waals surface area contributed by atoms with Crippen molar-refractivity contribution in [2.24, 2.45) is 0 Å². The van der Waals surface area contributed by atoms with Crippen LogP contribution in [0.15, 0.2) is 84.9 Å². The van der Waals surface area contributed by atoms with Crippen molar-refractivity contribution in [2.75, 3.05) is 0 Å².